The maximum atomic E-state index is 11.2. The van der Waals surface area contributed by atoms with Gasteiger partial charge in [-0.1, -0.05) is 13.3 Å². The van der Waals surface area contributed by atoms with Gasteiger partial charge in [0.15, 0.2) is 0 Å². The molecular weight excluding hydrogens is 168 g/mol. The quantitative estimate of drug-likeness (QED) is 0.637. The first-order chi connectivity index (χ1) is 6.22. The average molecular weight is 188 g/mol. The number of hydrogen-bond acceptors (Lipinski definition) is 3. The van der Waals surface area contributed by atoms with E-state index in [1.165, 1.54) is 0 Å². The molecule has 0 spiro atoms. The van der Waals surface area contributed by atoms with Gasteiger partial charge in [-0.3, -0.25) is 0 Å². The first kappa shape index (κ1) is 12.2. The monoisotopic (exact) mass is 188 g/mol. The van der Waals surface area contributed by atoms with Crippen molar-refractivity contribution in [3.63, 3.8) is 0 Å². The van der Waals surface area contributed by atoms with Crippen LogP contribution >= 0.6 is 0 Å². The SMILES string of the molecule is CCCCOC(=O)N(C)CCCN. The van der Waals surface area contributed by atoms with Crippen LogP contribution in [0.25, 0.3) is 0 Å². The van der Waals surface area contributed by atoms with Gasteiger partial charge in [0.25, 0.3) is 0 Å². The molecule has 0 aliphatic rings. The molecule has 0 unspecified atom stereocenters. The van der Waals surface area contributed by atoms with Crippen LogP contribution in [0.2, 0.25) is 0 Å². The van der Waals surface area contributed by atoms with Gasteiger partial charge in [0, 0.05) is 13.6 Å². The second-order valence-corrected chi connectivity index (χ2v) is 3.03. The molecule has 0 radical (unpaired) electrons. The molecule has 0 aromatic heterocycles. The number of unbranched alkanes of at least 4 members (excludes halogenated alkanes) is 1. The molecule has 0 rings (SSSR count). The lowest BCUT2D eigenvalue weighted by Gasteiger charge is -2.16. The molecule has 4 heteroatoms. The number of carbonyl (C=O) groups excluding carboxylic acids is 1. The van der Waals surface area contributed by atoms with Crippen LogP contribution in [0, 0.1) is 0 Å². The third kappa shape index (κ3) is 6.40. The van der Waals surface area contributed by atoms with E-state index in [0.717, 1.165) is 19.3 Å². The van der Waals surface area contributed by atoms with Gasteiger partial charge in [-0.2, -0.15) is 0 Å². The predicted octanol–water partition coefficient (Wildman–Crippen LogP) is 1.20. The van der Waals surface area contributed by atoms with Gasteiger partial charge < -0.3 is 15.4 Å². The third-order valence-electron chi connectivity index (χ3n) is 1.73. The fraction of sp³-hybridized carbons (Fsp3) is 0.889. The van der Waals surface area contributed by atoms with E-state index in [0.29, 0.717) is 19.7 Å². The molecule has 0 saturated carbocycles. The highest BCUT2D eigenvalue weighted by atomic mass is 16.6. The van der Waals surface area contributed by atoms with Crippen molar-refractivity contribution in [2.24, 2.45) is 5.73 Å². The molecular formula is C9H20N2O2. The van der Waals surface area contributed by atoms with Crippen LogP contribution in [-0.2, 0) is 4.74 Å². The Morgan fingerprint density at radius 1 is 1.46 bits per heavy atom. The third-order valence-corrected chi connectivity index (χ3v) is 1.73. The van der Waals surface area contributed by atoms with Gasteiger partial charge in [-0.15, -0.1) is 0 Å². The number of ether oxygens (including phenoxy) is 1. The van der Waals surface area contributed by atoms with Crippen LogP contribution in [0.5, 0.6) is 0 Å². The normalized spacial score (nSPS) is 9.77. The molecule has 0 aromatic rings. The second kappa shape index (κ2) is 7.86. The van der Waals surface area contributed by atoms with Crippen molar-refractivity contribution in [3.05, 3.63) is 0 Å². The van der Waals surface area contributed by atoms with Crippen molar-refractivity contribution in [2.75, 3.05) is 26.7 Å². The minimum absolute atomic E-state index is 0.248. The van der Waals surface area contributed by atoms with Gasteiger partial charge >= 0.3 is 6.09 Å². The fourth-order valence-electron chi connectivity index (χ4n) is 0.834. The first-order valence-electron chi connectivity index (χ1n) is 4.80. The Bertz CT molecular complexity index is 140. The summed E-state index contributed by atoms with van der Waals surface area (Å²) in [6.45, 7) is 3.85. The highest BCUT2D eigenvalue weighted by Crippen LogP contribution is 1.94. The molecule has 0 heterocycles. The van der Waals surface area contributed by atoms with Crippen molar-refractivity contribution >= 4 is 6.09 Å². The number of amides is 1. The smallest absolute Gasteiger partial charge is 0.409 e. The molecule has 0 bridgehead atoms. The van der Waals surface area contributed by atoms with E-state index in [-0.39, 0.29) is 6.09 Å². The summed E-state index contributed by atoms with van der Waals surface area (Å²) in [7, 11) is 1.73. The minimum Gasteiger partial charge on any atom is -0.449 e. The molecule has 0 aromatic carbocycles. The molecule has 2 N–H and O–H groups in total. The minimum atomic E-state index is -0.248. The van der Waals surface area contributed by atoms with Crippen LogP contribution in [0.4, 0.5) is 4.79 Å². The molecule has 0 atom stereocenters. The van der Waals surface area contributed by atoms with E-state index in [2.05, 4.69) is 6.92 Å². The summed E-state index contributed by atoms with van der Waals surface area (Å²) < 4.78 is 4.99. The van der Waals surface area contributed by atoms with Crippen molar-refractivity contribution in [2.45, 2.75) is 26.2 Å². The zero-order valence-corrected chi connectivity index (χ0v) is 8.58. The fourth-order valence-corrected chi connectivity index (χ4v) is 0.834. The highest BCUT2D eigenvalue weighted by molar-refractivity contribution is 5.67. The van der Waals surface area contributed by atoms with Crippen molar-refractivity contribution in [1.82, 2.24) is 4.90 Å². The molecule has 78 valence electrons. The molecule has 1 amide bonds. The summed E-state index contributed by atoms with van der Waals surface area (Å²) >= 11 is 0. The topological polar surface area (TPSA) is 55.6 Å². The molecule has 13 heavy (non-hydrogen) atoms. The van der Waals surface area contributed by atoms with E-state index < -0.39 is 0 Å². The first-order valence-corrected chi connectivity index (χ1v) is 4.80. The number of carbonyl (C=O) groups is 1. The predicted molar refractivity (Wildman–Crippen MR) is 52.6 cm³/mol. The van der Waals surface area contributed by atoms with Crippen LogP contribution in [-0.4, -0.2) is 37.7 Å². The lowest BCUT2D eigenvalue weighted by Crippen LogP contribution is -2.29. The molecule has 4 nitrogen and oxygen atoms in total. The van der Waals surface area contributed by atoms with E-state index in [1.807, 2.05) is 0 Å². The summed E-state index contributed by atoms with van der Waals surface area (Å²) in [5, 5.41) is 0. The zero-order chi connectivity index (χ0) is 10.1. The van der Waals surface area contributed by atoms with Crippen LogP contribution in [0.15, 0.2) is 0 Å². The maximum absolute atomic E-state index is 11.2. The lowest BCUT2D eigenvalue weighted by molar-refractivity contribution is 0.109. The maximum Gasteiger partial charge on any atom is 0.409 e. The number of nitrogens with zero attached hydrogens (tertiary/aromatic N) is 1. The number of nitrogens with two attached hydrogens (primary N) is 1. The summed E-state index contributed by atoms with van der Waals surface area (Å²) in [5.74, 6) is 0. The largest absolute Gasteiger partial charge is 0.449 e. The van der Waals surface area contributed by atoms with Crippen molar-refractivity contribution in [3.8, 4) is 0 Å². The van der Waals surface area contributed by atoms with Crippen LogP contribution in [0.1, 0.15) is 26.2 Å². The van der Waals surface area contributed by atoms with Gasteiger partial charge in [0.2, 0.25) is 0 Å². The van der Waals surface area contributed by atoms with Crippen molar-refractivity contribution < 1.29 is 9.53 Å². The standard InChI is InChI=1S/C9H20N2O2/c1-3-4-8-13-9(12)11(2)7-5-6-10/h3-8,10H2,1-2H3. The van der Waals surface area contributed by atoms with Gasteiger partial charge in [0.05, 0.1) is 6.61 Å². The second-order valence-electron chi connectivity index (χ2n) is 3.03. The highest BCUT2D eigenvalue weighted by Gasteiger charge is 2.07. The molecule has 0 aliphatic heterocycles. The number of rotatable bonds is 6. The molecule has 0 saturated heterocycles. The molecule has 0 aliphatic carbocycles. The van der Waals surface area contributed by atoms with Crippen LogP contribution < -0.4 is 5.73 Å². The Kier molecular flexibility index (Phi) is 7.39. The average Bonchev–Trinajstić information content (AvgIpc) is 2.14. The van der Waals surface area contributed by atoms with Gasteiger partial charge in [-0.25, -0.2) is 4.79 Å². The van der Waals surface area contributed by atoms with E-state index in [1.54, 1.807) is 11.9 Å². The summed E-state index contributed by atoms with van der Waals surface area (Å²) in [6, 6.07) is 0. The van der Waals surface area contributed by atoms with E-state index in [9.17, 15) is 4.79 Å². The Balaban J connectivity index is 3.45. The summed E-state index contributed by atoms with van der Waals surface area (Å²) in [5.41, 5.74) is 5.32. The Morgan fingerprint density at radius 3 is 2.69 bits per heavy atom. The Labute approximate surface area is 80.0 Å². The molecule has 0 fully saturated rings. The van der Waals surface area contributed by atoms with Gasteiger partial charge in [0.1, 0.15) is 0 Å². The Hall–Kier alpha value is -0.770. The number of hydrogen-bond donors (Lipinski definition) is 1. The van der Waals surface area contributed by atoms with E-state index in [4.69, 9.17) is 10.5 Å². The van der Waals surface area contributed by atoms with Crippen LogP contribution in [0.3, 0.4) is 0 Å². The Morgan fingerprint density at radius 2 is 2.15 bits per heavy atom. The van der Waals surface area contributed by atoms with Gasteiger partial charge in [-0.05, 0) is 19.4 Å². The van der Waals surface area contributed by atoms with Crippen molar-refractivity contribution in [1.29, 1.82) is 0 Å². The summed E-state index contributed by atoms with van der Waals surface area (Å²) in [4.78, 5) is 12.7. The lowest BCUT2D eigenvalue weighted by atomic mass is 10.4. The van der Waals surface area contributed by atoms with E-state index >= 15 is 0 Å². The zero-order valence-electron chi connectivity index (χ0n) is 8.58. The summed E-state index contributed by atoms with van der Waals surface area (Å²) in [6.07, 6.45) is 2.54.